The zero-order valence-corrected chi connectivity index (χ0v) is 13.4. The first kappa shape index (κ1) is 14.9. The highest BCUT2D eigenvalue weighted by Gasteiger charge is 2.26. The fourth-order valence-electron chi connectivity index (χ4n) is 2.35. The summed E-state index contributed by atoms with van der Waals surface area (Å²) >= 11 is 5.85. The lowest BCUT2D eigenvalue weighted by Gasteiger charge is -1.97. The predicted molar refractivity (Wildman–Crippen MR) is 86.5 cm³/mol. The fraction of sp³-hybridized carbons (Fsp3) is 0.250. The van der Waals surface area contributed by atoms with Crippen LogP contribution in [0, 0.1) is 0 Å². The number of aromatic nitrogens is 4. The van der Waals surface area contributed by atoms with Crippen molar-refractivity contribution in [1.29, 1.82) is 0 Å². The molecule has 8 heteroatoms. The number of nitrogens with one attached hydrogen (secondary N) is 2. The summed E-state index contributed by atoms with van der Waals surface area (Å²) in [6, 6.07) is 8.91. The van der Waals surface area contributed by atoms with Gasteiger partial charge in [0.15, 0.2) is 0 Å². The zero-order chi connectivity index (χ0) is 16.5. The van der Waals surface area contributed by atoms with Crippen LogP contribution >= 0.6 is 11.6 Å². The summed E-state index contributed by atoms with van der Waals surface area (Å²) < 4.78 is 5.15. The van der Waals surface area contributed by atoms with Gasteiger partial charge in [-0.2, -0.15) is 10.1 Å². The smallest absolute Gasteiger partial charge is 0.272 e. The molecule has 1 aromatic carbocycles. The van der Waals surface area contributed by atoms with Gasteiger partial charge in [0.25, 0.3) is 5.91 Å². The maximum atomic E-state index is 12.1. The maximum Gasteiger partial charge on any atom is 0.272 e. The van der Waals surface area contributed by atoms with E-state index in [1.807, 2.05) is 0 Å². The van der Waals surface area contributed by atoms with Crippen molar-refractivity contribution < 1.29 is 9.32 Å². The van der Waals surface area contributed by atoms with Crippen LogP contribution in [0.4, 0.5) is 0 Å². The summed E-state index contributed by atoms with van der Waals surface area (Å²) in [5, 5.41) is 14.2. The second-order valence-electron chi connectivity index (χ2n) is 5.68. The number of hydrogen-bond donors (Lipinski definition) is 2. The minimum Gasteiger partial charge on any atom is -0.342 e. The molecule has 0 aliphatic heterocycles. The molecular formula is C16H14ClN5O2. The van der Waals surface area contributed by atoms with Gasteiger partial charge in [0.05, 0.1) is 6.54 Å². The molecule has 1 saturated carbocycles. The Hall–Kier alpha value is -2.67. The normalized spacial score (nSPS) is 13.9. The zero-order valence-electron chi connectivity index (χ0n) is 12.6. The van der Waals surface area contributed by atoms with Crippen LogP contribution in [-0.4, -0.2) is 26.2 Å². The number of carbonyl (C=O) groups excluding carboxylic acids is 1. The Labute approximate surface area is 142 Å². The van der Waals surface area contributed by atoms with Gasteiger partial charge >= 0.3 is 0 Å². The third-order valence-electron chi connectivity index (χ3n) is 3.82. The highest BCUT2D eigenvalue weighted by atomic mass is 35.5. The number of nitrogens with zero attached hydrogens (tertiary/aromatic N) is 3. The lowest BCUT2D eigenvalue weighted by molar-refractivity contribution is 0.0941. The number of hydrogen-bond acceptors (Lipinski definition) is 5. The number of amides is 1. The SMILES string of the molecule is O=C(NCc1nc(-c2ccc(Cl)cc2)no1)c1cc(C2CC2)[nH]n1. The molecule has 1 amide bonds. The number of benzene rings is 1. The van der Waals surface area contributed by atoms with Gasteiger partial charge in [-0.1, -0.05) is 16.8 Å². The third-order valence-corrected chi connectivity index (χ3v) is 4.07. The minimum atomic E-state index is -0.274. The molecule has 0 bridgehead atoms. The van der Waals surface area contributed by atoms with Crippen LogP contribution in [0.3, 0.4) is 0 Å². The van der Waals surface area contributed by atoms with Crippen LogP contribution in [-0.2, 0) is 6.54 Å². The van der Waals surface area contributed by atoms with Crippen LogP contribution in [0.5, 0.6) is 0 Å². The number of carbonyl (C=O) groups is 1. The second kappa shape index (κ2) is 6.09. The van der Waals surface area contributed by atoms with Gasteiger partial charge in [-0.3, -0.25) is 9.89 Å². The average molecular weight is 344 g/mol. The molecular weight excluding hydrogens is 330 g/mol. The Bertz CT molecular complexity index is 867. The molecule has 1 aliphatic rings. The van der Waals surface area contributed by atoms with E-state index < -0.39 is 0 Å². The van der Waals surface area contributed by atoms with Crippen LogP contribution in [0.1, 0.15) is 40.8 Å². The van der Waals surface area contributed by atoms with E-state index in [9.17, 15) is 4.79 Å². The number of rotatable bonds is 5. The van der Waals surface area contributed by atoms with Crippen molar-refractivity contribution >= 4 is 17.5 Å². The minimum absolute atomic E-state index is 0.144. The standard InChI is InChI=1S/C16H14ClN5O2/c17-11-5-3-10(4-6-11)15-19-14(24-22-15)8-18-16(23)13-7-12(20-21-13)9-1-2-9/h3-7,9H,1-2,8H2,(H,18,23)(H,20,21). The van der Waals surface area contributed by atoms with Gasteiger partial charge in [-0.25, -0.2) is 0 Å². The largest absolute Gasteiger partial charge is 0.342 e. The van der Waals surface area contributed by atoms with Crippen LogP contribution < -0.4 is 5.32 Å². The average Bonchev–Trinajstić information content (AvgIpc) is 3.13. The summed E-state index contributed by atoms with van der Waals surface area (Å²) in [6.07, 6.45) is 2.30. The summed E-state index contributed by atoms with van der Waals surface area (Å²) in [6.45, 7) is 0.144. The first-order chi connectivity index (χ1) is 11.7. The van der Waals surface area contributed by atoms with Gasteiger partial charge < -0.3 is 9.84 Å². The molecule has 24 heavy (non-hydrogen) atoms. The van der Waals surface area contributed by atoms with E-state index in [2.05, 4.69) is 25.7 Å². The number of aromatic amines is 1. The predicted octanol–water partition coefficient (Wildman–Crippen LogP) is 2.92. The van der Waals surface area contributed by atoms with E-state index in [-0.39, 0.29) is 12.5 Å². The van der Waals surface area contributed by atoms with Gasteiger partial charge in [-0.15, -0.1) is 0 Å². The van der Waals surface area contributed by atoms with Gasteiger partial charge in [0.2, 0.25) is 11.7 Å². The molecule has 0 unspecified atom stereocenters. The Morgan fingerprint density at radius 2 is 2.12 bits per heavy atom. The van der Waals surface area contributed by atoms with Crippen molar-refractivity contribution in [3.05, 3.63) is 52.6 Å². The summed E-state index contributed by atoms with van der Waals surface area (Å²) in [5.41, 5.74) is 2.18. The van der Waals surface area contributed by atoms with Crippen molar-refractivity contribution in [3.63, 3.8) is 0 Å². The molecule has 0 radical (unpaired) electrons. The Morgan fingerprint density at radius 1 is 1.33 bits per heavy atom. The first-order valence-electron chi connectivity index (χ1n) is 7.61. The van der Waals surface area contributed by atoms with E-state index in [0.717, 1.165) is 24.1 Å². The van der Waals surface area contributed by atoms with Crippen LogP contribution in [0.2, 0.25) is 5.02 Å². The molecule has 0 saturated heterocycles. The van der Waals surface area contributed by atoms with E-state index in [1.54, 1.807) is 30.3 Å². The Balaban J connectivity index is 1.38. The quantitative estimate of drug-likeness (QED) is 0.742. The fourth-order valence-corrected chi connectivity index (χ4v) is 2.47. The van der Waals surface area contributed by atoms with Crippen molar-refractivity contribution in [3.8, 4) is 11.4 Å². The number of halogens is 1. The molecule has 2 heterocycles. The highest BCUT2D eigenvalue weighted by molar-refractivity contribution is 6.30. The van der Waals surface area contributed by atoms with Crippen LogP contribution in [0.15, 0.2) is 34.9 Å². The van der Waals surface area contributed by atoms with Gasteiger partial charge in [-0.05, 0) is 43.2 Å². The van der Waals surface area contributed by atoms with E-state index in [1.165, 1.54) is 0 Å². The second-order valence-corrected chi connectivity index (χ2v) is 6.12. The van der Waals surface area contributed by atoms with Crippen LogP contribution in [0.25, 0.3) is 11.4 Å². The van der Waals surface area contributed by atoms with Crippen molar-refractivity contribution in [2.24, 2.45) is 0 Å². The topological polar surface area (TPSA) is 96.7 Å². The maximum absolute atomic E-state index is 12.1. The van der Waals surface area contributed by atoms with Crippen molar-refractivity contribution in [2.45, 2.75) is 25.3 Å². The molecule has 122 valence electrons. The Kier molecular flexibility index (Phi) is 3.78. The lowest BCUT2D eigenvalue weighted by Crippen LogP contribution is -2.23. The molecule has 3 aromatic rings. The molecule has 1 aliphatic carbocycles. The van der Waals surface area contributed by atoms with E-state index in [4.69, 9.17) is 16.1 Å². The molecule has 0 atom stereocenters. The number of H-pyrrole nitrogens is 1. The molecule has 0 spiro atoms. The molecule has 2 N–H and O–H groups in total. The first-order valence-corrected chi connectivity index (χ1v) is 7.99. The summed E-state index contributed by atoms with van der Waals surface area (Å²) in [4.78, 5) is 16.3. The molecule has 2 aromatic heterocycles. The van der Waals surface area contributed by atoms with E-state index >= 15 is 0 Å². The Morgan fingerprint density at radius 3 is 2.88 bits per heavy atom. The molecule has 7 nitrogen and oxygen atoms in total. The molecule has 1 fully saturated rings. The van der Waals surface area contributed by atoms with Crippen molar-refractivity contribution in [2.75, 3.05) is 0 Å². The van der Waals surface area contributed by atoms with E-state index in [0.29, 0.717) is 28.3 Å². The highest BCUT2D eigenvalue weighted by Crippen LogP contribution is 2.38. The summed E-state index contributed by atoms with van der Waals surface area (Å²) in [7, 11) is 0. The van der Waals surface area contributed by atoms with Gasteiger partial charge in [0.1, 0.15) is 5.69 Å². The molecule has 4 rings (SSSR count). The van der Waals surface area contributed by atoms with Crippen molar-refractivity contribution in [1.82, 2.24) is 25.7 Å². The summed E-state index contributed by atoms with van der Waals surface area (Å²) in [5.74, 6) is 1.03. The third kappa shape index (κ3) is 3.16. The lowest BCUT2D eigenvalue weighted by atomic mass is 10.2. The monoisotopic (exact) mass is 343 g/mol. The van der Waals surface area contributed by atoms with Gasteiger partial charge in [0, 0.05) is 22.2 Å².